The van der Waals surface area contributed by atoms with Crippen LogP contribution in [-0.4, -0.2) is 0 Å². The third kappa shape index (κ3) is 1.66. The second kappa shape index (κ2) is 4.37. The Morgan fingerprint density at radius 3 is 2.60 bits per heavy atom. The van der Waals surface area contributed by atoms with E-state index in [1.165, 1.54) is 64.2 Å². The summed E-state index contributed by atoms with van der Waals surface area (Å²) in [6.07, 6.45) is 14.8. The molecule has 4 aliphatic rings. The molecule has 0 amide bonds. The average Bonchev–Trinajstić information content (AvgIpc) is 2.81. The van der Waals surface area contributed by atoms with Crippen LogP contribution in [0.15, 0.2) is 12.2 Å². The SMILES string of the molecule is C=C1CC2CCCC[C@]2(C)[C@@H]2CC[C@]3(C)CCC[C@H]3[C@H]12. The summed E-state index contributed by atoms with van der Waals surface area (Å²) in [5.74, 6) is 3.81. The van der Waals surface area contributed by atoms with Crippen molar-refractivity contribution in [3.8, 4) is 0 Å². The number of hydrogen-bond donors (Lipinski definition) is 0. The van der Waals surface area contributed by atoms with Crippen molar-refractivity contribution in [2.24, 2.45) is 34.5 Å². The van der Waals surface area contributed by atoms with Crippen LogP contribution < -0.4 is 0 Å². The number of hydrogen-bond acceptors (Lipinski definition) is 0. The van der Waals surface area contributed by atoms with Gasteiger partial charge in [0.1, 0.15) is 0 Å². The van der Waals surface area contributed by atoms with Gasteiger partial charge in [0.2, 0.25) is 0 Å². The third-order valence-electron chi connectivity index (χ3n) is 8.33. The zero-order valence-electron chi connectivity index (χ0n) is 13.6. The van der Waals surface area contributed by atoms with Crippen LogP contribution in [-0.2, 0) is 0 Å². The van der Waals surface area contributed by atoms with E-state index in [2.05, 4.69) is 20.4 Å². The van der Waals surface area contributed by atoms with E-state index in [4.69, 9.17) is 0 Å². The normalized spacial score (nSPS) is 55.0. The van der Waals surface area contributed by atoms with E-state index in [1.54, 1.807) is 5.57 Å². The Kier molecular flexibility index (Phi) is 2.93. The molecule has 20 heavy (non-hydrogen) atoms. The maximum Gasteiger partial charge on any atom is -0.0139 e. The van der Waals surface area contributed by atoms with Gasteiger partial charge >= 0.3 is 0 Å². The molecule has 0 aromatic rings. The van der Waals surface area contributed by atoms with Gasteiger partial charge in [-0.25, -0.2) is 0 Å². The van der Waals surface area contributed by atoms with Crippen molar-refractivity contribution in [2.45, 2.75) is 78.1 Å². The second-order valence-electron chi connectivity index (χ2n) is 9.13. The van der Waals surface area contributed by atoms with Gasteiger partial charge in [0, 0.05) is 0 Å². The van der Waals surface area contributed by atoms with Gasteiger partial charge in [-0.1, -0.05) is 45.3 Å². The van der Waals surface area contributed by atoms with Gasteiger partial charge < -0.3 is 0 Å². The van der Waals surface area contributed by atoms with Crippen molar-refractivity contribution in [3.05, 3.63) is 12.2 Å². The highest BCUT2D eigenvalue weighted by molar-refractivity contribution is 5.20. The molecule has 0 heterocycles. The molecule has 0 aromatic heterocycles. The van der Waals surface area contributed by atoms with Gasteiger partial charge in [0.25, 0.3) is 0 Å². The first-order chi connectivity index (χ1) is 9.55. The summed E-state index contributed by atoms with van der Waals surface area (Å²) in [7, 11) is 0. The summed E-state index contributed by atoms with van der Waals surface area (Å²) >= 11 is 0. The van der Waals surface area contributed by atoms with Crippen molar-refractivity contribution >= 4 is 0 Å². The summed E-state index contributed by atoms with van der Waals surface area (Å²) in [5, 5.41) is 0. The molecule has 0 N–H and O–H groups in total. The van der Waals surface area contributed by atoms with E-state index in [0.29, 0.717) is 10.8 Å². The van der Waals surface area contributed by atoms with Crippen molar-refractivity contribution < 1.29 is 0 Å². The summed E-state index contributed by atoms with van der Waals surface area (Å²) in [6.45, 7) is 9.88. The number of fused-ring (bicyclic) bond motifs is 5. The minimum absolute atomic E-state index is 0.661. The van der Waals surface area contributed by atoms with Gasteiger partial charge in [-0.3, -0.25) is 0 Å². The van der Waals surface area contributed by atoms with Crippen LogP contribution >= 0.6 is 0 Å². The Labute approximate surface area is 125 Å². The highest BCUT2D eigenvalue weighted by Crippen LogP contribution is 2.67. The molecule has 0 heteroatoms. The molecule has 4 saturated carbocycles. The fourth-order valence-electron chi connectivity index (χ4n) is 7.14. The molecule has 0 bridgehead atoms. The molecule has 112 valence electrons. The van der Waals surface area contributed by atoms with Crippen molar-refractivity contribution in [1.82, 2.24) is 0 Å². The van der Waals surface area contributed by atoms with E-state index in [0.717, 1.165) is 23.7 Å². The Bertz CT molecular complexity index is 422. The van der Waals surface area contributed by atoms with Gasteiger partial charge in [-0.2, -0.15) is 0 Å². The monoisotopic (exact) mass is 272 g/mol. The minimum atomic E-state index is 0.661. The molecule has 0 nitrogen and oxygen atoms in total. The topological polar surface area (TPSA) is 0 Å². The van der Waals surface area contributed by atoms with Crippen LogP contribution in [0.1, 0.15) is 78.1 Å². The minimum Gasteiger partial charge on any atom is -0.0995 e. The lowest BCUT2D eigenvalue weighted by Crippen LogP contribution is -2.52. The molecule has 0 aromatic carbocycles. The first-order valence-corrected chi connectivity index (χ1v) is 9.22. The lowest BCUT2D eigenvalue weighted by molar-refractivity contribution is -0.0763. The van der Waals surface area contributed by atoms with E-state index in [9.17, 15) is 0 Å². The fourth-order valence-corrected chi connectivity index (χ4v) is 7.14. The summed E-state index contributed by atoms with van der Waals surface area (Å²) < 4.78 is 0. The van der Waals surface area contributed by atoms with E-state index in [1.807, 2.05) is 0 Å². The Morgan fingerprint density at radius 2 is 1.75 bits per heavy atom. The summed E-state index contributed by atoms with van der Waals surface area (Å²) in [5.41, 5.74) is 2.99. The quantitative estimate of drug-likeness (QED) is 0.476. The molecule has 0 aliphatic heterocycles. The van der Waals surface area contributed by atoms with Crippen LogP contribution in [0.5, 0.6) is 0 Å². The first-order valence-electron chi connectivity index (χ1n) is 9.22. The van der Waals surface area contributed by atoms with Crippen molar-refractivity contribution in [2.75, 3.05) is 0 Å². The van der Waals surface area contributed by atoms with Crippen molar-refractivity contribution in [1.29, 1.82) is 0 Å². The third-order valence-corrected chi connectivity index (χ3v) is 8.33. The smallest absolute Gasteiger partial charge is 0.0139 e. The maximum absolute atomic E-state index is 4.61. The Balaban J connectivity index is 1.71. The molecule has 4 aliphatic carbocycles. The molecular weight excluding hydrogens is 240 g/mol. The predicted octanol–water partition coefficient (Wildman–Crippen LogP) is 5.98. The fraction of sp³-hybridized carbons (Fsp3) is 0.900. The number of rotatable bonds is 0. The summed E-state index contributed by atoms with van der Waals surface area (Å²) in [6, 6.07) is 0. The van der Waals surface area contributed by atoms with Crippen LogP contribution in [0.2, 0.25) is 0 Å². The lowest BCUT2D eigenvalue weighted by atomic mass is 9.44. The molecule has 6 atom stereocenters. The van der Waals surface area contributed by atoms with Crippen molar-refractivity contribution in [3.63, 3.8) is 0 Å². The van der Waals surface area contributed by atoms with Gasteiger partial charge in [-0.05, 0) is 79.4 Å². The highest BCUT2D eigenvalue weighted by atomic mass is 14.6. The Hall–Kier alpha value is -0.260. The second-order valence-corrected chi connectivity index (χ2v) is 9.13. The molecule has 4 fully saturated rings. The molecule has 0 radical (unpaired) electrons. The summed E-state index contributed by atoms with van der Waals surface area (Å²) in [4.78, 5) is 0. The van der Waals surface area contributed by atoms with Gasteiger partial charge in [0.05, 0.1) is 0 Å². The molecule has 0 saturated heterocycles. The maximum atomic E-state index is 4.61. The van der Waals surface area contributed by atoms with Crippen LogP contribution in [0.3, 0.4) is 0 Å². The largest absolute Gasteiger partial charge is 0.0995 e. The van der Waals surface area contributed by atoms with Crippen LogP contribution in [0, 0.1) is 34.5 Å². The van der Waals surface area contributed by atoms with Gasteiger partial charge in [-0.15, -0.1) is 0 Å². The Morgan fingerprint density at radius 1 is 0.900 bits per heavy atom. The van der Waals surface area contributed by atoms with Gasteiger partial charge in [0.15, 0.2) is 0 Å². The lowest BCUT2D eigenvalue weighted by Gasteiger charge is -2.60. The zero-order valence-corrected chi connectivity index (χ0v) is 13.6. The number of allylic oxidation sites excluding steroid dienone is 1. The average molecular weight is 272 g/mol. The molecule has 4 rings (SSSR count). The molecule has 1 unspecified atom stereocenters. The highest BCUT2D eigenvalue weighted by Gasteiger charge is 2.58. The van der Waals surface area contributed by atoms with Crippen LogP contribution in [0.4, 0.5) is 0 Å². The van der Waals surface area contributed by atoms with Crippen LogP contribution in [0.25, 0.3) is 0 Å². The first kappa shape index (κ1) is 13.4. The van der Waals surface area contributed by atoms with E-state index in [-0.39, 0.29) is 0 Å². The zero-order chi connectivity index (χ0) is 14.0. The van der Waals surface area contributed by atoms with E-state index < -0.39 is 0 Å². The molecule has 0 spiro atoms. The standard InChI is InChI=1S/C20H32/c1-14-13-15-7-4-5-11-20(15,3)17-9-12-19(2)10-6-8-16(19)18(14)17/h15-18H,1,4-13H2,2-3H3/t15?,16-,17+,18-,19-,20-/m0/s1. The molecular formula is C20H32. The van der Waals surface area contributed by atoms with E-state index >= 15 is 0 Å². The predicted molar refractivity (Wildman–Crippen MR) is 85.5 cm³/mol.